The summed E-state index contributed by atoms with van der Waals surface area (Å²) < 4.78 is 44.7. The van der Waals surface area contributed by atoms with E-state index in [-0.39, 0.29) is 17.3 Å². The summed E-state index contributed by atoms with van der Waals surface area (Å²) >= 11 is 0. The lowest BCUT2D eigenvalue weighted by Crippen LogP contribution is -2.49. The Balaban J connectivity index is 1.74. The van der Waals surface area contributed by atoms with Gasteiger partial charge in [0.15, 0.2) is 0 Å². The van der Waals surface area contributed by atoms with Crippen molar-refractivity contribution >= 4 is 5.69 Å². The molecule has 0 radical (unpaired) electrons. The van der Waals surface area contributed by atoms with Crippen LogP contribution in [0.5, 0.6) is 0 Å². The first-order valence-electron chi connectivity index (χ1n) is 7.05. The van der Waals surface area contributed by atoms with Crippen molar-refractivity contribution in [3.63, 3.8) is 0 Å². The summed E-state index contributed by atoms with van der Waals surface area (Å²) in [6, 6.07) is 5.75. The summed E-state index contributed by atoms with van der Waals surface area (Å²) in [5, 5.41) is 3.08. The number of alkyl halides is 3. The number of halogens is 3. The Morgan fingerprint density at radius 2 is 1.95 bits per heavy atom. The molecule has 1 aliphatic heterocycles. The third-order valence-corrected chi connectivity index (χ3v) is 4.35. The van der Waals surface area contributed by atoms with Crippen molar-refractivity contribution in [1.82, 2.24) is 0 Å². The van der Waals surface area contributed by atoms with Crippen LogP contribution in [0.15, 0.2) is 24.3 Å². The zero-order chi connectivity index (χ0) is 14.2. The van der Waals surface area contributed by atoms with Crippen LogP contribution in [0.25, 0.3) is 0 Å². The van der Waals surface area contributed by atoms with Gasteiger partial charge in [-0.15, -0.1) is 0 Å². The van der Waals surface area contributed by atoms with E-state index in [1.807, 2.05) is 0 Å². The molecule has 1 atom stereocenters. The Bertz CT molecular complexity index is 482. The van der Waals surface area contributed by atoms with E-state index < -0.39 is 11.7 Å². The molecule has 2 fully saturated rings. The van der Waals surface area contributed by atoms with Gasteiger partial charge in [-0.25, -0.2) is 0 Å². The standard InChI is InChI=1S/C15H18F3NO/c16-15(17,18)12-4-1-2-5-13(12)19-11-6-9-20-14(10-11)7-3-8-14/h1-2,4-5,11,19H,3,6-10H2. The lowest BCUT2D eigenvalue weighted by Gasteiger charge is -2.47. The number of para-hydroxylation sites is 1. The Hall–Kier alpha value is -1.23. The summed E-state index contributed by atoms with van der Waals surface area (Å²) in [5.41, 5.74) is -0.473. The van der Waals surface area contributed by atoms with Crippen LogP contribution in [0.4, 0.5) is 18.9 Å². The molecule has 110 valence electrons. The van der Waals surface area contributed by atoms with Gasteiger partial charge in [-0.3, -0.25) is 0 Å². The highest BCUT2D eigenvalue weighted by Gasteiger charge is 2.43. The van der Waals surface area contributed by atoms with Gasteiger partial charge in [0.2, 0.25) is 0 Å². The van der Waals surface area contributed by atoms with Crippen LogP contribution >= 0.6 is 0 Å². The average molecular weight is 285 g/mol. The first-order chi connectivity index (χ1) is 9.49. The number of benzene rings is 1. The van der Waals surface area contributed by atoms with Crippen molar-refractivity contribution in [1.29, 1.82) is 0 Å². The average Bonchev–Trinajstić information content (AvgIpc) is 2.37. The minimum Gasteiger partial charge on any atom is -0.382 e. The van der Waals surface area contributed by atoms with Crippen LogP contribution in [0.1, 0.15) is 37.7 Å². The van der Waals surface area contributed by atoms with Crippen LogP contribution in [0.3, 0.4) is 0 Å². The van der Waals surface area contributed by atoms with Crippen molar-refractivity contribution in [2.75, 3.05) is 11.9 Å². The number of nitrogens with one attached hydrogen (secondary N) is 1. The van der Waals surface area contributed by atoms with E-state index >= 15 is 0 Å². The van der Waals surface area contributed by atoms with E-state index in [2.05, 4.69) is 5.32 Å². The first kappa shape index (κ1) is 13.7. The molecule has 0 amide bonds. The molecule has 1 unspecified atom stereocenters. The number of hydrogen-bond donors (Lipinski definition) is 1. The smallest absolute Gasteiger partial charge is 0.382 e. The predicted molar refractivity (Wildman–Crippen MR) is 70.6 cm³/mol. The Kier molecular flexibility index (Phi) is 3.40. The Morgan fingerprint density at radius 1 is 1.20 bits per heavy atom. The summed E-state index contributed by atoms with van der Waals surface area (Å²) in [5.74, 6) is 0. The molecule has 1 aliphatic carbocycles. The molecule has 5 heteroatoms. The van der Waals surface area contributed by atoms with E-state index in [9.17, 15) is 13.2 Å². The van der Waals surface area contributed by atoms with Gasteiger partial charge in [-0.1, -0.05) is 12.1 Å². The molecule has 1 heterocycles. The molecule has 0 bridgehead atoms. The summed E-state index contributed by atoms with van der Waals surface area (Å²) in [6.45, 7) is 0.631. The molecule has 1 N–H and O–H groups in total. The first-order valence-corrected chi connectivity index (χ1v) is 7.05. The topological polar surface area (TPSA) is 21.3 Å². The Labute approximate surface area is 116 Å². The van der Waals surface area contributed by atoms with Gasteiger partial charge in [0.1, 0.15) is 0 Å². The van der Waals surface area contributed by atoms with Gasteiger partial charge in [0, 0.05) is 18.3 Å². The van der Waals surface area contributed by atoms with Crippen LogP contribution in [-0.2, 0) is 10.9 Å². The highest BCUT2D eigenvalue weighted by molar-refractivity contribution is 5.53. The molecule has 1 saturated carbocycles. The van der Waals surface area contributed by atoms with Gasteiger partial charge >= 0.3 is 6.18 Å². The van der Waals surface area contributed by atoms with Crippen LogP contribution < -0.4 is 5.32 Å². The summed E-state index contributed by atoms with van der Waals surface area (Å²) in [7, 11) is 0. The molecular formula is C15H18F3NO. The van der Waals surface area contributed by atoms with Crippen molar-refractivity contribution in [3.05, 3.63) is 29.8 Å². The third kappa shape index (κ3) is 2.64. The molecule has 20 heavy (non-hydrogen) atoms. The number of rotatable bonds is 2. The third-order valence-electron chi connectivity index (χ3n) is 4.35. The zero-order valence-electron chi connectivity index (χ0n) is 11.2. The monoisotopic (exact) mass is 285 g/mol. The van der Waals surface area contributed by atoms with Gasteiger partial charge in [0.05, 0.1) is 11.2 Å². The van der Waals surface area contributed by atoms with Crippen molar-refractivity contribution < 1.29 is 17.9 Å². The minimum atomic E-state index is -4.32. The normalized spacial score (nSPS) is 25.2. The second kappa shape index (κ2) is 4.95. The number of hydrogen-bond acceptors (Lipinski definition) is 2. The molecule has 1 aromatic carbocycles. The van der Waals surface area contributed by atoms with E-state index in [4.69, 9.17) is 4.74 Å². The van der Waals surface area contributed by atoms with E-state index in [1.54, 1.807) is 6.07 Å². The summed E-state index contributed by atoms with van der Waals surface area (Å²) in [4.78, 5) is 0. The fourth-order valence-electron chi connectivity index (χ4n) is 3.15. The SMILES string of the molecule is FC(F)(F)c1ccccc1NC1CCOC2(CCC2)C1. The lowest BCUT2D eigenvalue weighted by atomic mass is 9.74. The molecular weight excluding hydrogens is 267 g/mol. The lowest BCUT2D eigenvalue weighted by molar-refractivity contribution is -0.137. The second-order valence-electron chi connectivity index (χ2n) is 5.76. The largest absolute Gasteiger partial charge is 0.418 e. The molecule has 2 aliphatic rings. The quantitative estimate of drug-likeness (QED) is 0.878. The van der Waals surface area contributed by atoms with Crippen molar-refractivity contribution in [2.24, 2.45) is 0 Å². The van der Waals surface area contributed by atoms with Crippen LogP contribution in [-0.4, -0.2) is 18.2 Å². The van der Waals surface area contributed by atoms with E-state index in [1.165, 1.54) is 12.1 Å². The van der Waals surface area contributed by atoms with Crippen LogP contribution in [0.2, 0.25) is 0 Å². The fourth-order valence-corrected chi connectivity index (χ4v) is 3.15. The maximum absolute atomic E-state index is 13.0. The van der Waals surface area contributed by atoms with E-state index in [0.717, 1.165) is 38.2 Å². The highest BCUT2D eigenvalue weighted by atomic mass is 19.4. The number of ether oxygens (including phenoxy) is 1. The maximum atomic E-state index is 13.0. The van der Waals surface area contributed by atoms with E-state index in [0.29, 0.717) is 6.61 Å². The molecule has 3 rings (SSSR count). The van der Waals surface area contributed by atoms with Gasteiger partial charge < -0.3 is 10.1 Å². The molecule has 0 aromatic heterocycles. The number of anilines is 1. The summed E-state index contributed by atoms with van der Waals surface area (Å²) in [6.07, 6.45) is 0.472. The van der Waals surface area contributed by atoms with Gasteiger partial charge in [-0.2, -0.15) is 13.2 Å². The van der Waals surface area contributed by atoms with Crippen molar-refractivity contribution in [3.8, 4) is 0 Å². The zero-order valence-corrected chi connectivity index (χ0v) is 11.2. The molecule has 1 spiro atoms. The second-order valence-corrected chi connectivity index (χ2v) is 5.76. The van der Waals surface area contributed by atoms with Gasteiger partial charge in [0.25, 0.3) is 0 Å². The predicted octanol–water partition coefficient (Wildman–Crippen LogP) is 4.22. The van der Waals surface area contributed by atoms with Crippen LogP contribution in [0, 0.1) is 0 Å². The highest BCUT2D eigenvalue weighted by Crippen LogP contribution is 2.43. The fraction of sp³-hybridized carbons (Fsp3) is 0.600. The maximum Gasteiger partial charge on any atom is 0.418 e. The molecule has 2 nitrogen and oxygen atoms in total. The molecule has 1 saturated heterocycles. The Morgan fingerprint density at radius 3 is 2.60 bits per heavy atom. The minimum absolute atomic E-state index is 0.0625. The van der Waals surface area contributed by atoms with Crippen molar-refractivity contribution in [2.45, 2.75) is 49.9 Å². The van der Waals surface area contributed by atoms with Gasteiger partial charge in [-0.05, 0) is 44.2 Å². The molecule has 1 aromatic rings.